The number of benzene rings is 1. The molecule has 3 aromatic rings. The van der Waals surface area contributed by atoms with Crippen LogP contribution in [0.25, 0.3) is 10.9 Å². The molecule has 1 spiro atoms. The number of fused-ring (bicyclic) bond motifs is 4. The number of likely N-dealkylation sites (tertiary alicyclic amines) is 1. The lowest BCUT2D eigenvalue weighted by Gasteiger charge is -2.49. The van der Waals surface area contributed by atoms with Crippen molar-refractivity contribution in [3.63, 3.8) is 0 Å². The number of hydrogen-bond acceptors (Lipinski definition) is 3. The monoisotopic (exact) mass is 374 g/mol. The molecule has 0 bridgehead atoms. The molecule has 1 amide bonds. The average molecular weight is 374 g/mol. The van der Waals surface area contributed by atoms with E-state index in [1.54, 1.807) is 6.20 Å². The van der Waals surface area contributed by atoms with Crippen molar-refractivity contribution in [2.24, 2.45) is 0 Å². The number of nitrogens with zero attached hydrogens (tertiary/aromatic N) is 3. The number of carbonyl (C=O) groups excluding carboxylic acids is 1. The van der Waals surface area contributed by atoms with Gasteiger partial charge in [0.2, 0.25) is 0 Å². The van der Waals surface area contributed by atoms with Crippen molar-refractivity contribution in [3.8, 4) is 0 Å². The van der Waals surface area contributed by atoms with Crippen molar-refractivity contribution in [1.29, 1.82) is 0 Å². The number of aromatic nitrogens is 2. The molecule has 2 aliphatic heterocycles. The van der Waals surface area contributed by atoms with Crippen LogP contribution in [0.3, 0.4) is 0 Å². The lowest BCUT2D eigenvalue weighted by Crippen LogP contribution is -2.55. The van der Waals surface area contributed by atoms with E-state index < -0.39 is 0 Å². The quantitative estimate of drug-likeness (QED) is 0.709. The number of rotatable bonds is 1. The fraction of sp³-hybridized carbons (Fsp3) is 0.391. The number of pyridine rings is 1. The lowest BCUT2D eigenvalue weighted by atomic mass is 9.78. The third kappa shape index (κ3) is 2.57. The van der Waals surface area contributed by atoms with E-state index in [-0.39, 0.29) is 11.4 Å². The molecule has 0 saturated carbocycles. The molecular weight excluding hydrogens is 348 g/mol. The normalized spacial score (nSPS) is 19.1. The summed E-state index contributed by atoms with van der Waals surface area (Å²) < 4.78 is 0. The Balaban J connectivity index is 1.44. The van der Waals surface area contributed by atoms with E-state index in [2.05, 4.69) is 46.2 Å². The molecule has 2 aliphatic rings. The van der Waals surface area contributed by atoms with Gasteiger partial charge in [0.1, 0.15) is 0 Å². The Kier molecular flexibility index (Phi) is 4.02. The minimum Gasteiger partial charge on any atom is -0.357 e. The molecule has 144 valence electrons. The fourth-order valence-electron chi connectivity index (χ4n) is 5.03. The average Bonchev–Trinajstić information content (AvgIpc) is 3.11. The van der Waals surface area contributed by atoms with Crippen LogP contribution in [0.5, 0.6) is 0 Å². The Morgan fingerprint density at radius 2 is 1.89 bits per heavy atom. The summed E-state index contributed by atoms with van der Waals surface area (Å²) in [5.41, 5.74) is 5.68. The molecule has 1 saturated heterocycles. The third-order valence-electron chi connectivity index (χ3n) is 6.74. The molecule has 0 atom stereocenters. The van der Waals surface area contributed by atoms with E-state index >= 15 is 0 Å². The molecule has 5 heteroatoms. The van der Waals surface area contributed by atoms with Crippen LogP contribution >= 0.6 is 0 Å². The van der Waals surface area contributed by atoms with Crippen molar-refractivity contribution in [2.75, 3.05) is 26.7 Å². The van der Waals surface area contributed by atoms with E-state index in [1.807, 2.05) is 24.0 Å². The first kappa shape index (κ1) is 17.4. The maximum Gasteiger partial charge on any atom is 0.255 e. The zero-order valence-corrected chi connectivity index (χ0v) is 16.5. The number of aryl methyl sites for hydroxylation is 1. The van der Waals surface area contributed by atoms with Gasteiger partial charge in [-0.3, -0.25) is 14.7 Å². The van der Waals surface area contributed by atoms with Crippen LogP contribution in [-0.4, -0.2) is 52.4 Å². The van der Waals surface area contributed by atoms with Gasteiger partial charge in [0, 0.05) is 48.1 Å². The van der Waals surface area contributed by atoms with Crippen LogP contribution in [0.1, 0.15) is 40.2 Å². The summed E-state index contributed by atoms with van der Waals surface area (Å²) in [5, 5.41) is 1.36. The van der Waals surface area contributed by atoms with Crippen molar-refractivity contribution >= 4 is 16.8 Å². The highest BCUT2D eigenvalue weighted by Crippen LogP contribution is 2.44. The van der Waals surface area contributed by atoms with E-state index in [0.717, 1.165) is 44.6 Å². The zero-order valence-electron chi connectivity index (χ0n) is 16.5. The number of amides is 1. The van der Waals surface area contributed by atoms with Gasteiger partial charge in [-0.2, -0.15) is 0 Å². The minimum absolute atomic E-state index is 0.00505. The number of aromatic amines is 1. The standard InChI is InChI=1S/C23H26N4O/c1-16-7-8-17(15-24-16)22(28)27-13-10-23(11-14-27)21-19(9-12-26(23)2)18-5-3-4-6-20(18)25-21/h3-8,15,25H,9-14H2,1-2H3. The van der Waals surface area contributed by atoms with Crippen LogP contribution in [0.4, 0.5) is 0 Å². The van der Waals surface area contributed by atoms with Gasteiger partial charge in [-0.15, -0.1) is 0 Å². The first-order chi connectivity index (χ1) is 13.6. The first-order valence-corrected chi connectivity index (χ1v) is 10.1. The number of para-hydroxylation sites is 1. The molecule has 28 heavy (non-hydrogen) atoms. The van der Waals surface area contributed by atoms with Crippen LogP contribution in [0.2, 0.25) is 0 Å². The molecule has 0 aliphatic carbocycles. The zero-order chi connectivity index (χ0) is 19.3. The van der Waals surface area contributed by atoms with E-state index in [0.29, 0.717) is 5.56 Å². The Hall–Kier alpha value is -2.66. The van der Waals surface area contributed by atoms with Crippen LogP contribution in [0.15, 0.2) is 42.6 Å². The molecule has 2 aromatic heterocycles. The van der Waals surface area contributed by atoms with Crippen LogP contribution < -0.4 is 0 Å². The van der Waals surface area contributed by atoms with Crippen molar-refractivity contribution < 1.29 is 4.79 Å². The molecule has 5 nitrogen and oxygen atoms in total. The van der Waals surface area contributed by atoms with Gasteiger partial charge in [-0.25, -0.2) is 0 Å². The highest BCUT2D eigenvalue weighted by Gasteiger charge is 2.45. The summed E-state index contributed by atoms with van der Waals surface area (Å²) in [7, 11) is 2.23. The van der Waals surface area contributed by atoms with Gasteiger partial charge in [0.25, 0.3) is 5.91 Å². The van der Waals surface area contributed by atoms with Gasteiger partial charge in [0.15, 0.2) is 0 Å². The maximum absolute atomic E-state index is 12.9. The number of hydrogen-bond donors (Lipinski definition) is 1. The topological polar surface area (TPSA) is 52.2 Å². The second-order valence-corrected chi connectivity index (χ2v) is 8.21. The Morgan fingerprint density at radius 1 is 1.11 bits per heavy atom. The van der Waals surface area contributed by atoms with Crippen molar-refractivity contribution in [1.82, 2.24) is 19.8 Å². The maximum atomic E-state index is 12.9. The summed E-state index contributed by atoms with van der Waals surface area (Å²) in [5.74, 6) is 0.0951. The number of likely N-dealkylation sites (N-methyl/N-ethyl adjacent to an activating group) is 1. The van der Waals surface area contributed by atoms with Gasteiger partial charge in [0.05, 0.1) is 11.1 Å². The highest BCUT2D eigenvalue weighted by molar-refractivity contribution is 5.94. The van der Waals surface area contributed by atoms with Gasteiger partial charge < -0.3 is 9.88 Å². The Bertz CT molecular complexity index is 1030. The van der Waals surface area contributed by atoms with Gasteiger partial charge in [-0.05, 0) is 57.0 Å². The molecule has 0 unspecified atom stereocenters. The summed E-state index contributed by atoms with van der Waals surface area (Å²) in [6, 6.07) is 12.4. The summed E-state index contributed by atoms with van der Waals surface area (Å²) >= 11 is 0. The number of H-pyrrole nitrogens is 1. The predicted molar refractivity (Wildman–Crippen MR) is 110 cm³/mol. The van der Waals surface area contributed by atoms with Gasteiger partial charge in [-0.1, -0.05) is 18.2 Å². The molecule has 1 N–H and O–H groups in total. The highest BCUT2D eigenvalue weighted by atomic mass is 16.2. The number of carbonyl (C=O) groups is 1. The summed E-state index contributed by atoms with van der Waals surface area (Å²) in [6.45, 7) is 4.54. The third-order valence-corrected chi connectivity index (χ3v) is 6.74. The van der Waals surface area contributed by atoms with Crippen molar-refractivity contribution in [2.45, 2.75) is 31.7 Å². The Labute approximate surface area is 165 Å². The lowest BCUT2D eigenvalue weighted by molar-refractivity contribution is 0.0231. The molecule has 0 radical (unpaired) electrons. The smallest absolute Gasteiger partial charge is 0.255 e. The molecule has 4 heterocycles. The van der Waals surface area contributed by atoms with Crippen LogP contribution in [-0.2, 0) is 12.0 Å². The van der Waals surface area contributed by atoms with E-state index in [9.17, 15) is 4.79 Å². The summed E-state index contributed by atoms with van der Waals surface area (Å²) in [6.07, 6.45) is 4.68. The summed E-state index contributed by atoms with van der Waals surface area (Å²) in [4.78, 5) is 25.4. The molecule has 1 fully saturated rings. The number of piperidine rings is 1. The largest absolute Gasteiger partial charge is 0.357 e. The fourth-order valence-corrected chi connectivity index (χ4v) is 5.03. The molecule has 1 aromatic carbocycles. The second kappa shape index (κ2) is 6.45. The molecule has 5 rings (SSSR count). The first-order valence-electron chi connectivity index (χ1n) is 10.1. The predicted octanol–water partition coefficient (Wildman–Crippen LogP) is 3.49. The van der Waals surface area contributed by atoms with Crippen molar-refractivity contribution in [3.05, 3.63) is 65.1 Å². The van der Waals surface area contributed by atoms with E-state index in [4.69, 9.17) is 0 Å². The van der Waals surface area contributed by atoms with Crippen LogP contribution in [0, 0.1) is 6.92 Å². The Morgan fingerprint density at radius 3 is 2.64 bits per heavy atom. The van der Waals surface area contributed by atoms with Gasteiger partial charge >= 0.3 is 0 Å². The number of nitrogens with one attached hydrogen (secondary N) is 1. The minimum atomic E-state index is -0.00505. The SMILES string of the molecule is Cc1ccc(C(=O)N2CCC3(CC2)c2[nH]c4ccccc4c2CCN3C)cn1. The van der Waals surface area contributed by atoms with E-state index in [1.165, 1.54) is 22.2 Å². The second-order valence-electron chi connectivity index (χ2n) is 8.21. The molecular formula is C23H26N4O.